The molecule has 1 aromatic carbocycles. The molecule has 2 aromatic rings. The number of aromatic nitrogens is 2. The number of aryl methyl sites for hydroxylation is 1. The standard InChI is InChI=1S/C22H28N4O2/c1-16-14-19(21(27)24-15-18-10-6-7-11-20(18)28-2)26-22(25-16)23-13-12-17-8-4-3-5-9-17/h6-8,10-11,14H,3-5,9,12-13,15H2,1-2H3,(H,24,27)(H,23,25,26). The molecule has 148 valence electrons. The fourth-order valence-electron chi connectivity index (χ4n) is 3.35. The number of benzene rings is 1. The highest BCUT2D eigenvalue weighted by molar-refractivity contribution is 5.92. The number of hydrogen-bond acceptors (Lipinski definition) is 5. The average molecular weight is 380 g/mol. The molecule has 0 fully saturated rings. The summed E-state index contributed by atoms with van der Waals surface area (Å²) in [7, 11) is 1.62. The van der Waals surface area contributed by atoms with Crippen LogP contribution < -0.4 is 15.4 Å². The lowest BCUT2D eigenvalue weighted by Crippen LogP contribution is -2.25. The van der Waals surface area contributed by atoms with E-state index < -0.39 is 0 Å². The van der Waals surface area contributed by atoms with Crippen LogP contribution >= 0.6 is 0 Å². The number of para-hydroxylation sites is 1. The van der Waals surface area contributed by atoms with Crippen molar-refractivity contribution in [3.8, 4) is 5.75 Å². The lowest BCUT2D eigenvalue weighted by molar-refractivity contribution is 0.0945. The molecular weight excluding hydrogens is 352 g/mol. The second kappa shape index (κ2) is 9.88. The molecule has 6 nitrogen and oxygen atoms in total. The molecule has 6 heteroatoms. The fourth-order valence-corrected chi connectivity index (χ4v) is 3.35. The van der Waals surface area contributed by atoms with Gasteiger partial charge in [-0.3, -0.25) is 4.79 Å². The van der Waals surface area contributed by atoms with Gasteiger partial charge in [0.25, 0.3) is 5.91 Å². The van der Waals surface area contributed by atoms with E-state index in [1.807, 2.05) is 31.2 Å². The highest BCUT2D eigenvalue weighted by Crippen LogP contribution is 2.20. The summed E-state index contributed by atoms with van der Waals surface area (Å²) < 4.78 is 5.32. The molecule has 1 aromatic heterocycles. The van der Waals surface area contributed by atoms with Crippen molar-refractivity contribution in [2.45, 2.75) is 45.6 Å². The van der Waals surface area contributed by atoms with E-state index in [1.165, 1.54) is 31.3 Å². The van der Waals surface area contributed by atoms with E-state index in [4.69, 9.17) is 4.74 Å². The van der Waals surface area contributed by atoms with Gasteiger partial charge in [-0.05, 0) is 51.2 Å². The Hall–Kier alpha value is -2.89. The number of nitrogens with zero attached hydrogens (tertiary/aromatic N) is 2. The van der Waals surface area contributed by atoms with Crippen LogP contribution in [-0.2, 0) is 6.54 Å². The number of anilines is 1. The molecular formula is C22H28N4O2. The summed E-state index contributed by atoms with van der Waals surface area (Å²) in [5, 5.41) is 6.16. The zero-order chi connectivity index (χ0) is 19.8. The van der Waals surface area contributed by atoms with Crippen molar-refractivity contribution in [2.24, 2.45) is 0 Å². The summed E-state index contributed by atoms with van der Waals surface area (Å²) in [6.07, 6.45) is 8.29. The van der Waals surface area contributed by atoms with E-state index in [0.29, 0.717) is 18.2 Å². The van der Waals surface area contributed by atoms with E-state index in [9.17, 15) is 4.79 Å². The number of ether oxygens (including phenoxy) is 1. The van der Waals surface area contributed by atoms with Gasteiger partial charge < -0.3 is 15.4 Å². The van der Waals surface area contributed by atoms with Crippen LogP contribution in [0.1, 0.15) is 53.8 Å². The zero-order valence-corrected chi connectivity index (χ0v) is 16.6. The maximum absolute atomic E-state index is 12.6. The summed E-state index contributed by atoms with van der Waals surface area (Å²) in [6, 6.07) is 9.33. The third-order valence-corrected chi connectivity index (χ3v) is 4.83. The minimum atomic E-state index is -0.227. The quantitative estimate of drug-likeness (QED) is 0.676. The Balaban J connectivity index is 1.58. The number of allylic oxidation sites excluding steroid dienone is 1. The Morgan fingerprint density at radius 2 is 2.07 bits per heavy atom. The molecule has 0 spiro atoms. The van der Waals surface area contributed by atoms with Gasteiger partial charge in [-0.15, -0.1) is 0 Å². The predicted molar refractivity (Wildman–Crippen MR) is 111 cm³/mol. The molecule has 0 bridgehead atoms. The SMILES string of the molecule is COc1ccccc1CNC(=O)c1cc(C)nc(NCCC2=CCCCC2)n1. The van der Waals surface area contributed by atoms with Crippen LogP contribution in [0.25, 0.3) is 0 Å². The Labute approximate surface area is 166 Å². The van der Waals surface area contributed by atoms with Crippen LogP contribution in [0.2, 0.25) is 0 Å². The summed E-state index contributed by atoms with van der Waals surface area (Å²) in [5.74, 6) is 1.02. The van der Waals surface area contributed by atoms with Gasteiger partial charge in [0.15, 0.2) is 0 Å². The van der Waals surface area contributed by atoms with Crippen molar-refractivity contribution in [3.63, 3.8) is 0 Å². The molecule has 0 radical (unpaired) electrons. The third-order valence-electron chi connectivity index (χ3n) is 4.83. The Kier molecular flexibility index (Phi) is 7.00. The van der Waals surface area contributed by atoms with E-state index in [0.717, 1.165) is 30.0 Å². The summed E-state index contributed by atoms with van der Waals surface area (Å²) >= 11 is 0. The van der Waals surface area contributed by atoms with Crippen LogP contribution in [0.5, 0.6) is 5.75 Å². The maximum atomic E-state index is 12.6. The van der Waals surface area contributed by atoms with Crippen molar-refractivity contribution in [1.82, 2.24) is 15.3 Å². The third kappa shape index (κ3) is 5.55. The van der Waals surface area contributed by atoms with E-state index in [-0.39, 0.29) is 5.91 Å². The van der Waals surface area contributed by atoms with Gasteiger partial charge in [0, 0.05) is 24.3 Å². The molecule has 28 heavy (non-hydrogen) atoms. The van der Waals surface area contributed by atoms with E-state index in [2.05, 4.69) is 26.7 Å². The normalized spacial score (nSPS) is 13.6. The number of amides is 1. The monoisotopic (exact) mass is 380 g/mol. The lowest BCUT2D eigenvalue weighted by Gasteiger charge is -2.13. The molecule has 0 saturated carbocycles. The largest absolute Gasteiger partial charge is 0.496 e. The Bertz CT molecular complexity index is 848. The molecule has 1 heterocycles. The van der Waals surface area contributed by atoms with Crippen LogP contribution in [0.3, 0.4) is 0 Å². The number of rotatable bonds is 8. The van der Waals surface area contributed by atoms with Crippen LogP contribution in [0.4, 0.5) is 5.95 Å². The number of carbonyl (C=O) groups is 1. The van der Waals surface area contributed by atoms with Crippen LogP contribution in [0, 0.1) is 6.92 Å². The molecule has 1 aliphatic carbocycles. The summed E-state index contributed by atoms with van der Waals surface area (Å²) in [5.41, 5.74) is 3.54. The smallest absolute Gasteiger partial charge is 0.270 e. The van der Waals surface area contributed by atoms with Crippen molar-refractivity contribution < 1.29 is 9.53 Å². The van der Waals surface area contributed by atoms with Gasteiger partial charge in [0.05, 0.1) is 7.11 Å². The topological polar surface area (TPSA) is 76.1 Å². The summed E-state index contributed by atoms with van der Waals surface area (Å²) in [6.45, 7) is 3.02. The van der Waals surface area contributed by atoms with E-state index in [1.54, 1.807) is 13.2 Å². The van der Waals surface area contributed by atoms with Crippen molar-refractivity contribution in [1.29, 1.82) is 0 Å². The average Bonchev–Trinajstić information content (AvgIpc) is 2.72. The van der Waals surface area contributed by atoms with Gasteiger partial charge in [-0.1, -0.05) is 29.8 Å². The molecule has 1 amide bonds. The molecule has 3 rings (SSSR count). The highest BCUT2D eigenvalue weighted by atomic mass is 16.5. The zero-order valence-electron chi connectivity index (χ0n) is 16.6. The Morgan fingerprint density at radius 1 is 1.21 bits per heavy atom. The number of methoxy groups -OCH3 is 1. The minimum absolute atomic E-state index is 0.227. The molecule has 1 aliphatic rings. The molecule has 2 N–H and O–H groups in total. The van der Waals surface area contributed by atoms with Gasteiger partial charge >= 0.3 is 0 Å². The first kappa shape index (κ1) is 19.9. The first-order valence-corrected chi connectivity index (χ1v) is 9.83. The highest BCUT2D eigenvalue weighted by Gasteiger charge is 2.12. The number of hydrogen-bond donors (Lipinski definition) is 2. The van der Waals surface area contributed by atoms with Crippen molar-refractivity contribution >= 4 is 11.9 Å². The van der Waals surface area contributed by atoms with Gasteiger partial charge in [0.2, 0.25) is 5.95 Å². The van der Waals surface area contributed by atoms with Gasteiger partial charge in [-0.2, -0.15) is 0 Å². The van der Waals surface area contributed by atoms with E-state index >= 15 is 0 Å². The first-order valence-electron chi connectivity index (χ1n) is 9.83. The maximum Gasteiger partial charge on any atom is 0.270 e. The van der Waals surface area contributed by atoms with Gasteiger partial charge in [0.1, 0.15) is 11.4 Å². The van der Waals surface area contributed by atoms with Crippen molar-refractivity contribution in [2.75, 3.05) is 19.0 Å². The predicted octanol–water partition coefficient (Wildman–Crippen LogP) is 4.03. The van der Waals surface area contributed by atoms with Crippen LogP contribution in [-0.4, -0.2) is 29.5 Å². The van der Waals surface area contributed by atoms with Crippen LogP contribution in [0.15, 0.2) is 42.0 Å². The molecule has 0 unspecified atom stereocenters. The summed E-state index contributed by atoms with van der Waals surface area (Å²) in [4.78, 5) is 21.4. The number of carbonyl (C=O) groups excluding carboxylic acids is 1. The van der Waals surface area contributed by atoms with Crippen molar-refractivity contribution in [3.05, 3.63) is 58.9 Å². The first-order chi connectivity index (χ1) is 13.7. The Morgan fingerprint density at radius 3 is 2.86 bits per heavy atom. The van der Waals surface area contributed by atoms with Gasteiger partial charge in [-0.25, -0.2) is 9.97 Å². The fraction of sp³-hybridized carbons (Fsp3) is 0.409. The minimum Gasteiger partial charge on any atom is -0.496 e. The molecule has 0 atom stereocenters. The molecule has 0 aliphatic heterocycles. The lowest BCUT2D eigenvalue weighted by atomic mass is 9.97. The molecule has 0 saturated heterocycles. The second-order valence-corrected chi connectivity index (χ2v) is 7.00. The number of nitrogens with one attached hydrogen (secondary N) is 2. The second-order valence-electron chi connectivity index (χ2n) is 7.00.